The van der Waals surface area contributed by atoms with Gasteiger partial charge in [-0.1, -0.05) is 24.3 Å². The van der Waals surface area contributed by atoms with Gasteiger partial charge < -0.3 is 10.5 Å². The van der Waals surface area contributed by atoms with Crippen LogP contribution in [0.1, 0.15) is 31.4 Å². The van der Waals surface area contributed by atoms with Crippen molar-refractivity contribution in [2.45, 2.75) is 51.1 Å². The van der Waals surface area contributed by atoms with Gasteiger partial charge in [0.25, 0.3) is 0 Å². The van der Waals surface area contributed by atoms with Crippen LogP contribution in [0.5, 0.6) is 0 Å². The van der Waals surface area contributed by atoms with Gasteiger partial charge in [-0.3, -0.25) is 4.99 Å². The standard InChI is InChI=1S/C19H23FN2O/c1-10-6-4-5-7-12(10)16(21)11(2)9-22-17-15-13-8-14(15)23-18(17)19(13,3)20/h4-7,9,13-15,17-18H,8,21H2,1-3H3. The molecular formula is C19H23FN2O. The van der Waals surface area contributed by atoms with Crippen molar-refractivity contribution in [2.24, 2.45) is 22.6 Å². The van der Waals surface area contributed by atoms with Gasteiger partial charge in [-0.05, 0) is 38.3 Å². The van der Waals surface area contributed by atoms with Crippen LogP contribution in [0.2, 0.25) is 0 Å². The third-order valence-corrected chi connectivity index (χ3v) is 5.99. The predicted octanol–water partition coefficient (Wildman–Crippen LogP) is 3.27. The van der Waals surface area contributed by atoms with E-state index >= 15 is 0 Å². The highest BCUT2D eigenvalue weighted by Gasteiger charge is 2.73. The number of alkyl halides is 1. The first-order valence-electron chi connectivity index (χ1n) is 8.31. The quantitative estimate of drug-likeness (QED) is 0.871. The number of nitrogens with zero attached hydrogens (tertiary/aromatic N) is 1. The van der Waals surface area contributed by atoms with Gasteiger partial charge in [0.1, 0.15) is 11.8 Å². The number of halogens is 1. The first kappa shape index (κ1) is 14.9. The third-order valence-electron chi connectivity index (χ3n) is 5.99. The van der Waals surface area contributed by atoms with Crippen LogP contribution < -0.4 is 5.73 Å². The molecule has 2 bridgehead atoms. The Morgan fingerprint density at radius 2 is 2.17 bits per heavy atom. The Labute approximate surface area is 136 Å². The van der Waals surface area contributed by atoms with Crippen LogP contribution in [0.3, 0.4) is 0 Å². The van der Waals surface area contributed by atoms with Gasteiger partial charge in [0.15, 0.2) is 0 Å². The monoisotopic (exact) mass is 314 g/mol. The first-order chi connectivity index (χ1) is 10.9. The molecule has 3 nitrogen and oxygen atoms in total. The average molecular weight is 314 g/mol. The SMILES string of the molecule is CC(C=NC1C2C3CC2C(C)(F)C1O3)=C(N)c1ccccc1C. The molecule has 0 amide bonds. The number of allylic oxidation sites excluding steroid dienone is 1. The number of nitrogens with two attached hydrogens (primary N) is 1. The second-order valence-electron chi connectivity index (χ2n) is 7.35. The molecule has 0 spiro atoms. The molecule has 1 aliphatic heterocycles. The molecule has 1 saturated heterocycles. The third kappa shape index (κ3) is 2.01. The van der Waals surface area contributed by atoms with E-state index in [0.29, 0.717) is 0 Å². The fourth-order valence-corrected chi connectivity index (χ4v) is 4.52. The van der Waals surface area contributed by atoms with E-state index in [-0.39, 0.29) is 30.1 Å². The van der Waals surface area contributed by atoms with Gasteiger partial charge in [0, 0.05) is 29.3 Å². The summed E-state index contributed by atoms with van der Waals surface area (Å²) in [7, 11) is 0. The highest BCUT2D eigenvalue weighted by molar-refractivity contribution is 5.90. The highest BCUT2D eigenvalue weighted by Crippen LogP contribution is 2.63. The smallest absolute Gasteiger partial charge is 0.139 e. The van der Waals surface area contributed by atoms with Crippen molar-refractivity contribution in [1.82, 2.24) is 0 Å². The normalized spacial score (nSPS) is 42.0. The van der Waals surface area contributed by atoms with Crippen LogP contribution in [-0.4, -0.2) is 30.1 Å². The molecule has 2 saturated carbocycles. The van der Waals surface area contributed by atoms with Crippen LogP contribution in [0.25, 0.3) is 5.70 Å². The molecule has 4 rings (SSSR count). The largest absolute Gasteiger partial charge is 0.398 e. The summed E-state index contributed by atoms with van der Waals surface area (Å²) in [5.74, 6) is 0.366. The van der Waals surface area contributed by atoms with E-state index in [9.17, 15) is 4.39 Å². The molecule has 1 aromatic rings. The summed E-state index contributed by atoms with van der Waals surface area (Å²) in [6.45, 7) is 5.67. The summed E-state index contributed by atoms with van der Waals surface area (Å²) in [4.78, 5) is 4.67. The number of rotatable bonds is 3. The van der Waals surface area contributed by atoms with Crippen LogP contribution >= 0.6 is 0 Å². The first-order valence-corrected chi connectivity index (χ1v) is 8.31. The van der Waals surface area contributed by atoms with Gasteiger partial charge >= 0.3 is 0 Å². The molecule has 4 heteroatoms. The lowest BCUT2D eigenvalue weighted by Crippen LogP contribution is -2.54. The van der Waals surface area contributed by atoms with E-state index in [0.717, 1.165) is 28.8 Å². The Hall–Kier alpha value is -1.68. The van der Waals surface area contributed by atoms with E-state index in [1.54, 1.807) is 6.92 Å². The Balaban J connectivity index is 1.58. The van der Waals surface area contributed by atoms with Gasteiger partial charge in [0.2, 0.25) is 0 Å². The molecule has 3 aliphatic rings. The molecule has 0 aromatic heterocycles. The Morgan fingerprint density at radius 3 is 2.78 bits per heavy atom. The van der Waals surface area contributed by atoms with Crippen molar-refractivity contribution in [3.05, 3.63) is 41.0 Å². The minimum absolute atomic E-state index is 0.0617. The average Bonchev–Trinajstić information content (AvgIpc) is 2.84. The van der Waals surface area contributed by atoms with E-state index in [1.165, 1.54) is 0 Å². The fourth-order valence-electron chi connectivity index (χ4n) is 4.52. The van der Waals surface area contributed by atoms with E-state index in [4.69, 9.17) is 10.5 Å². The Morgan fingerprint density at radius 1 is 1.43 bits per heavy atom. The summed E-state index contributed by atoms with van der Waals surface area (Å²) in [5, 5.41) is 0. The summed E-state index contributed by atoms with van der Waals surface area (Å²) >= 11 is 0. The number of hydrogen-bond donors (Lipinski definition) is 1. The van der Waals surface area contributed by atoms with Gasteiger partial charge in [-0.2, -0.15) is 0 Å². The topological polar surface area (TPSA) is 47.6 Å². The molecule has 122 valence electrons. The molecule has 1 aromatic carbocycles. The molecule has 1 heterocycles. The molecular weight excluding hydrogens is 291 g/mol. The zero-order valence-corrected chi connectivity index (χ0v) is 13.8. The zero-order valence-electron chi connectivity index (χ0n) is 13.8. The van der Waals surface area contributed by atoms with Crippen LogP contribution in [-0.2, 0) is 4.74 Å². The van der Waals surface area contributed by atoms with Crippen molar-refractivity contribution in [3.8, 4) is 0 Å². The second kappa shape index (κ2) is 4.91. The van der Waals surface area contributed by atoms with Crippen molar-refractivity contribution in [3.63, 3.8) is 0 Å². The summed E-state index contributed by atoms with van der Waals surface area (Å²) in [6, 6.07) is 7.97. The van der Waals surface area contributed by atoms with Crippen LogP contribution in [0.4, 0.5) is 4.39 Å². The predicted molar refractivity (Wildman–Crippen MR) is 90.0 cm³/mol. The lowest BCUT2D eigenvalue weighted by molar-refractivity contribution is -0.185. The number of benzene rings is 1. The summed E-state index contributed by atoms with van der Waals surface area (Å²) < 4.78 is 20.6. The lowest BCUT2D eigenvalue weighted by atomic mass is 9.68. The van der Waals surface area contributed by atoms with Crippen molar-refractivity contribution >= 4 is 11.9 Å². The van der Waals surface area contributed by atoms with Crippen molar-refractivity contribution in [1.29, 1.82) is 0 Å². The van der Waals surface area contributed by atoms with E-state index in [2.05, 4.69) is 4.99 Å². The number of aliphatic imine (C=N–C) groups is 1. The number of fused-ring (bicyclic) bond motifs is 1. The van der Waals surface area contributed by atoms with E-state index in [1.807, 2.05) is 44.3 Å². The molecule has 6 unspecified atom stereocenters. The number of aryl methyl sites for hydroxylation is 1. The molecule has 23 heavy (non-hydrogen) atoms. The minimum atomic E-state index is -1.24. The molecule has 6 atom stereocenters. The Kier molecular flexibility index (Phi) is 3.17. The summed E-state index contributed by atoms with van der Waals surface area (Å²) in [6.07, 6.45) is 2.48. The Bertz CT molecular complexity index is 709. The van der Waals surface area contributed by atoms with Crippen molar-refractivity contribution < 1.29 is 9.13 Å². The molecule has 2 N–H and O–H groups in total. The minimum Gasteiger partial charge on any atom is -0.398 e. The number of hydrogen-bond acceptors (Lipinski definition) is 3. The zero-order chi connectivity index (χ0) is 16.4. The van der Waals surface area contributed by atoms with Gasteiger partial charge in [-0.15, -0.1) is 0 Å². The molecule has 2 aliphatic carbocycles. The van der Waals surface area contributed by atoms with Gasteiger partial charge in [-0.25, -0.2) is 4.39 Å². The van der Waals surface area contributed by atoms with Crippen LogP contribution in [0.15, 0.2) is 34.8 Å². The second-order valence-corrected chi connectivity index (χ2v) is 7.35. The number of ether oxygens (including phenoxy) is 1. The van der Waals surface area contributed by atoms with Crippen LogP contribution in [0, 0.1) is 18.8 Å². The fraction of sp³-hybridized carbons (Fsp3) is 0.526. The lowest BCUT2D eigenvalue weighted by Gasteiger charge is -2.47. The maximum atomic E-state index is 14.8. The maximum Gasteiger partial charge on any atom is 0.139 e. The van der Waals surface area contributed by atoms with Crippen molar-refractivity contribution in [2.75, 3.05) is 0 Å². The van der Waals surface area contributed by atoms with E-state index < -0.39 is 5.67 Å². The molecule has 3 fully saturated rings. The summed E-state index contributed by atoms with van der Waals surface area (Å²) in [5.41, 5.74) is 8.86. The highest BCUT2D eigenvalue weighted by atomic mass is 19.1. The molecule has 0 radical (unpaired) electrons. The maximum absolute atomic E-state index is 14.8. The van der Waals surface area contributed by atoms with Gasteiger partial charge in [0.05, 0.1) is 12.1 Å².